The quantitative estimate of drug-likeness (QED) is 0.591. The molecular weight excluding hydrogens is 385 g/mol. The number of alkyl halides is 2. The van der Waals surface area contributed by atoms with E-state index in [-0.39, 0.29) is 29.6 Å². The van der Waals surface area contributed by atoms with Gasteiger partial charge in [0.1, 0.15) is 5.82 Å². The van der Waals surface area contributed by atoms with E-state index in [1.165, 1.54) is 25.3 Å². The van der Waals surface area contributed by atoms with Crippen molar-refractivity contribution in [1.82, 2.24) is 10.3 Å². The van der Waals surface area contributed by atoms with Crippen LogP contribution in [0.4, 0.5) is 13.2 Å². The minimum absolute atomic E-state index is 0.0530. The number of methoxy groups -OCH3 is 1. The van der Waals surface area contributed by atoms with Crippen LogP contribution in [-0.2, 0) is 17.6 Å². The molecule has 8 heteroatoms. The van der Waals surface area contributed by atoms with Gasteiger partial charge in [-0.2, -0.15) is 8.78 Å². The van der Waals surface area contributed by atoms with Crippen molar-refractivity contribution in [3.63, 3.8) is 0 Å². The predicted molar refractivity (Wildman–Crippen MR) is 103 cm³/mol. The average molecular weight is 406 g/mol. The molecule has 3 aromatic rings. The average Bonchev–Trinajstić information content (AvgIpc) is 2.96. The van der Waals surface area contributed by atoms with E-state index in [0.29, 0.717) is 23.9 Å². The van der Waals surface area contributed by atoms with Crippen LogP contribution in [0.1, 0.15) is 16.8 Å². The van der Waals surface area contributed by atoms with E-state index in [1.54, 1.807) is 18.2 Å². The normalized spacial score (nSPS) is 11.1. The topological polar surface area (TPSA) is 63.3 Å². The summed E-state index contributed by atoms with van der Waals surface area (Å²) >= 11 is 0. The minimum atomic E-state index is -2.96. The maximum atomic E-state index is 13.5. The second kappa shape index (κ2) is 8.89. The van der Waals surface area contributed by atoms with Gasteiger partial charge < -0.3 is 19.8 Å². The van der Waals surface area contributed by atoms with Crippen LogP contribution in [0.15, 0.2) is 36.4 Å². The Kier molecular flexibility index (Phi) is 6.31. The molecule has 1 heterocycles. The van der Waals surface area contributed by atoms with Crippen molar-refractivity contribution in [3.8, 4) is 11.5 Å². The van der Waals surface area contributed by atoms with Gasteiger partial charge >= 0.3 is 6.61 Å². The smallest absolute Gasteiger partial charge is 0.387 e. The molecule has 3 rings (SSSR count). The Morgan fingerprint density at radius 3 is 2.69 bits per heavy atom. The van der Waals surface area contributed by atoms with Gasteiger partial charge in [-0.05, 0) is 54.8 Å². The zero-order valence-corrected chi connectivity index (χ0v) is 16.0. The molecule has 0 aliphatic heterocycles. The number of carbonyl (C=O) groups is 1. The highest BCUT2D eigenvalue weighted by Crippen LogP contribution is 2.29. The third-order valence-electron chi connectivity index (χ3n) is 4.60. The molecule has 1 aromatic heterocycles. The molecule has 0 bridgehead atoms. The molecule has 2 aromatic carbocycles. The molecule has 0 unspecified atom stereocenters. The number of hydrogen-bond donors (Lipinski definition) is 2. The molecule has 0 aliphatic carbocycles. The number of aromatic nitrogens is 1. The van der Waals surface area contributed by atoms with E-state index in [2.05, 4.69) is 15.0 Å². The summed E-state index contributed by atoms with van der Waals surface area (Å²) in [6, 6.07) is 9.13. The number of benzene rings is 2. The SMILES string of the molecule is COc1ccc(CCNC(=O)Cc2c(C)[nH]c3ccc(F)cc23)cc1OC(F)F. The molecule has 0 radical (unpaired) electrons. The van der Waals surface area contributed by atoms with Crippen LogP contribution in [-0.4, -0.2) is 31.2 Å². The van der Waals surface area contributed by atoms with E-state index in [9.17, 15) is 18.0 Å². The zero-order valence-electron chi connectivity index (χ0n) is 16.0. The summed E-state index contributed by atoms with van der Waals surface area (Å²) in [4.78, 5) is 15.5. The monoisotopic (exact) mass is 406 g/mol. The van der Waals surface area contributed by atoms with Crippen molar-refractivity contribution in [3.05, 3.63) is 59.0 Å². The Hall–Kier alpha value is -3.16. The third kappa shape index (κ3) is 5.01. The maximum absolute atomic E-state index is 13.5. The molecule has 0 aliphatic rings. The van der Waals surface area contributed by atoms with Gasteiger partial charge in [0.25, 0.3) is 0 Å². The Morgan fingerprint density at radius 2 is 1.97 bits per heavy atom. The molecule has 2 N–H and O–H groups in total. The van der Waals surface area contributed by atoms with E-state index in [0.717, 1.165) is 16.8 Å². The number of rotatable bonds is 8. The third-order valence-corrected chi connectivity index (χ3v) is 4.60. The minimum Gasteiger partial charge on any atom is -0.493 e. The van der Waals surface area contributed by atoms with Crippen molar-refractivity contribution in [2.75, 3.05) is 13.7 Å². The van der Waals surface area contributed by atoms with Crippen LogP contribution < -0.4 is 14.8 Å². The summed E-state index contributed by atoms with van der Waals surface area (Å²) in [5.41, 5.74) is 3.04. The lowest BCUT2D eigenvalue weighted by Crippen LogP contribution is -2.27. The molecular formula is C21H21F3N2O3. The van der Waals surface area contributed by atoms with E-state index < -0.39 is 6.61 Å². The number of ether oxygens (including phenoxy) is 2. The number of nitrogens with one attached hydrogen (secondary N) is 2. The first kappa shape index (κ1) is 20.6. The second-order valence-electron chi connectivity index (χ2n) is 6.56. The highest BCUT2D eigenvalue weighted by Gasteiger charge is 2.14. The highest BCUT2D eigenvalue weighted by molar-refractivity contribution is 5.90. The maximum Gasteiger partial charge on any atom is 0.387 e. The lowest BCUT2D eigenvalue weighted by Gasteiger charge is -2.12. The van der Waals surface area contributed by atoms with Crippen LogP contribution in [0, 0.1) is 12.7 Å². The summed E-state index contributed by atoms with van der Waals surface area (Å²) in [7, 11) is 1.37. The number of halogens is 3. The Morgan fingerprint density at radius 1 is 1.17 bits per heavy atom. The first-order chi connectivity index (χ1) is 13.9. The molecule has 0 spiro atoms. The van der Waals surface area contributed by atoms with E-state index in [4.69, 9.17) is 4.74 Å². The largest absolute Gasteiger partial charge is 0.493 e. The Bertz CT molecular complexity index is 1020. The molecule has 5 nitrogen and oxygen atoms in total. The molecule has 29 heavy (non-hydrogen) atoms. The number of aromatic amines is 1. The Balaban J connectivity index is 1.61. The number of carbonyl (C=O) groups excluding carboxylic acids is 1. The van der Waals surface area contributed by atoms with Gasteiger partial charge in [-0.25, -0.2) is 4.39 Å². The summed E-state index contributed by atoms with van der Waals surface area (Å²) in [5, 5.41) is 3.48. The van der Waals surface area contributed by atoms with Crippen molar-refractivity contribution in [2.45, 2.75) is 26.4 Å². The summed E-state index contributed by atoms with van der Waals surface area (Å²) < 4.78 is 48.0. The van der Waals surface area contributed by atoms with Crippen molar-refractivity contribution < 1.29 is 27.4 Å². The number of aryl methyl sites for hydroxylation is 1. The Labute approximate surface area is 165 Å². The van der Waals surface area contributed by atoms with Crippen molar-refractivity contribution in [2.24, 2.45) is 0 Å². The van der Waals surface area contributed by atoms with E-state index in [1.807, 2.05) is 6.92 Å². The van der Waals surface area contributed by atoms with Gasteiger partial charge in [-0.3, -0.25) is 4.79 Å². The van der Waals surface area contributed by atoms with Gasteiger partial charge in [-0.1, -0.05) is 6.07 Å². The fourth-order valence-corrected chi connectivity index (χ4v) is 3.22. The lowest BCUT2D eigenvalue weighted by molar-refractivity contribution is -0.120. The van der Waals surface area contributed by atoms with Crippen LogP contribution in [0.5, 0.6) is 11.5 Å². The number of H-pyrrole nitrogens is 1. The van der Waals surface area contributed by atoms with Gasteiger partial charge in [0.05, 0.1) is 13.5 Å². The summed E-state index contributed by atoms with van der Waals surface area (Å²) in [6.07, 6.45) is 0.536. The van der Waals surface area contributed by atoms with Gasteiger partial charge in [0.2, 0.25) is 5.91 Å². The molecule has 0 saturated heterocycles. The summed E-state index contributed by atoms with van der Waals surface area (Å²) in [6.45, 7) is -0.805. The number of amides is 1. The van der Waals surface area contributed by atoms with Crippen LogP contribution in [0.3, 0.4) is 0 Å². The number of fused-ring (bicyclic) bond motifs is 1. The van der Waals surface area contributed by atoms with Crippen molar-refractivity contribution >= 4 is 16.8 Å². The van der Waals surface area contributed by atoms with Crippen LogP contribution in [0.25, 0.3) is 10.9 Å². The summed E-state index contributed by atoms with van der Waals surface area (Å²) in [5.74, 6) is -0.418. The standard InChI is InChI=1S/C21H21F3N2O3/c1-12-15(16-10-14(22)4-5-17(16)26-12)11-20(27)25-8-7-13-3-6-18(28-2)19(9-13)29-21(23)24/h3-6,9-10,21,26H,7-8,11H2,1-2H3,(H,25,27). The van der Waals surface area contributed by atoms with Crippen LogP contribution in [0.2, 0.25) is 0 Å². The molecule has 0 atom stereocenters. The lowest BCUT2D eigenvalue weighted by atomic mass is 10.1. The van der Waals surface area contributed by atoms with Crippen molar-refractivity contribution in [1.29, 1.82) is 0 Å². The van der Waals surface area contributed by atoms with Gasteiger partial charge in [0.15, 0.2) is 11.5 Å². The van der Waals surface area contributed by atoms with Gasteiger partial charge in [0, 0.05) is 23.1 Å². The first-order valence-corrected chi connectivity index (χ1v) is 9.02. The predicted octanol–water partition coefficient (Wildman–Crippen LogP) is 4.13. The molecule has 0 saturated carbocycles. The van der Waals surface area contributed by atoms with Gasteiger partial charge in [-0.15, -0.1) is 0 Å². The molecule has 1 amide bonds. The highest BCUT2D eigenvalue weighted by atomic mass is 19.3. The van der Waals surface area contributed by atoms with E-state index >= 15 is 0 Å². The molecule has 0 fully saturated rings. The van der Waals surface area contributed by atoms with Crippen LogP contribution >= 0.6 is 0 Å². The fraction of sp³-hybridized carbons (Fsp3) is 0.286. The number of hydrogen-bond acceptors (Lipinski definition) is 3. The fourth-order valence-electron chi connectivity index (χ4n) is 3.22. The second-order valence-corrected chi connectivity index (χ2v) is 6.56. The molecule has 154 valence electrons. The first-order valence-electron chi connectivity index (χ1n) is 9.02. The zero-order chi connectivity index (χ0) is 21.0.